The SMILES string of the molecule is CCCCCCCCCCCCCCCCNc1ccc(N=Nc2ccc(C#N)cc2)cc1. The van der Waals surface area contributed by atoms with E-state index in [4.69, 9.17) is 5.26 Å². The van der Waals surface area contributed by atoms with Crippen molar-refractivity contribution < 1.29 is 0 Å². The second-order valence-electron chi connectivity index (χ2n) is 8.93. The average Bonchev–Trinajstić information content (AvgIpc) is 2.86. The average molecular weight is 447 g/mol. The summed E-state index contributed by atoms with van der Waals surface area (Å²) in [6, 6.07) is 17.3. The summed E-state index contributed by atoms with van der Waals surface area (Å²) in [4.78, 5) is 0. The summed E-state index contributed by atoms with van der Waals surface area (Å²) >= 11 is 0. The Labute approximate surface area is 201 Å². The number of nitriles is 1. The van der Waals surface area contributed by atoms with E-state index in [0.29, 0.717) is 5.56 Å². The van der Waals surface area contributed by atoms with Gasteiger partial charge < -0.3 is 5.32 Å². The van der Waals surface area contributed by atoms with Crippen LogP contribution in [-0.4, -0.2) is 6.54 Å². The van der Waals surface area contributed by atoms with Crippen molar-refractivity contribution in [1.29, 1.82) is 5.26 Å². The maximum absolute atomic E-state index is 8.84. The molecule has 0 saturated heterocycles. The van der Waals surface area contributed by atoms with Gasteiger partial charge in [0.2, 0.25) is 0 Å². The minimum atomic E-state index is 0.628. The molecule has 1 N–H and O–H groups in total. The van der Waals surface area contributed by atoms with E-state index < -0.39 is 0 Å². The van der Waals surface area contributed by atoms with Gasteiger partial charge in [0, 0.05) is 12.2 Å². The Morgan fingerprint density at radius 2 is 1.03 bits per heavy atom. The number of anilines is 1. The molecule has 4 nitrogen and oxygen atoms in total. The van der Waals surface area contributed by atoms with Crippen molar-refractivity contribution in [2.24, 2.45) is 10.2 Å². The molecule has 0 aliphatic carbocycles. The Kier molecular flexibility index (Phi) is 14.4. The Balaban J connectivity index is 1.45. The number of nitrogens with one attached hydrogen (secondary N) is 1. The van der Waals surface area contributed by atoms with Crippen molar-refractivity contribution in [1.82, 2.24) is 0 Å². The van der Waals surface area contributed by atoms with Gasteiger partial charge in [-0.1, -0.05) is 90.4 Å². The van der Waals surface area contributed by atoms with E-state index in [1.165, 1.54) is 89.9 Å². The highest BCUT2D eigenvalue weighted by Gasteiger charge is 1.97. The van der Waals surface area contributed by atoms with E-state index in [0.717, 1.165) is 23.6 Å². The number of hydrogen-bond acceptors (Lipinski definition) is 4. The summed E-state index contributed by atoms with van der Waals surface area (Å²) in [7, 11) is 0. The van der Waals surface area contributed by atoms with Gasteiger partial charge in [0.25, 0.3) is 0 Å². The molecule has 0 saturated carbocycles. The summed E-state index contributed by atoms with van der Waals surface area (Å²) in [5.41, 5.74) is 3.32. The number of unbranched alkanes of at least 4 members (excludes halogenated alkanes) is 13. The van der Waals surface area contributed by atoms with Gasteiger partial charge in [0.15, 0.2) is 0 Å². The van der Waals surface area contributed by atoms with Gasteiger partial charge in [-0.2, -0.15) is 15.5 Å². The van der Waals surface area contributed by atoms with E-state index in [1.807, 2.05) is 12.1 Å². The first-order valence-electron chi connectivity index (χ1n) is 13.1. The summed E-state index contributed by atoms with van der Waals surface area (Å²) in [6.07, 6.45) is 19.5. The van der Waals surface area contributed by atoms with Crippen molar-refractivity contribution in [3.63, 3.8) is 0 Å². The summed E-state index contributed by atoms with van der Waals surface area (Å²) in [5, 5.41) is 20.8. The molecule has 0 aliphatic rings. The highest BCUT2D eigenvalue weighted by atomic mass is 15.1. The van der Waals surface area contributed by atoms with Crippen molar-refractivity contribution in [2.45, 2.75) is 96.8 Å². The molecular formula is C29H42N4. The van der Waals surface area contributed by atoms with E-state index in [9.17, 15) is 0 Å². The molecule has 178 valence electrons. The van der Waals surface area contributed by atoms with Crippen LogP contribution in [0.15, 0.2) is 58.8 Å². The molecule has 0 atom stereocenters. The third kappa shape index (κ3) is 12.8. The lowest BCUT2D eigenvalue weighted by atomic mass is 10.0. The fraction of sp³-hybridized carbons (Fsp3) is 0.552. The van der Waals surface area contributed by atoms with Crippen LogP contribution in [0.2, 0.25) is 0 Å². The van der Waals surface area contributed by atoms with Gasteiger partial charge in [-0.25, -0.2) is 0 Å². The molecule has 33 heavy (non-hydrogen) atoms. The van der Waals surface area contributed by atoms with Crippen LogP contribution in [0.5, 0.6) is 0 Å². The number of nitrogens with zero attached hydrogens (tertiary/aromatic N) is 3. The molecule has 0 unspecified atom stereocenters. The standard InChI is InChI=1S/C29H42N4/c1-2-3-4-5-6-7-8-9-10-11-12-13-14-15-24-31-27-20-22-29(23-21-27)33-32-28-18-16-26(25-30)17-19-28/h16-23,31H,2-15,24H2,1H3. The predicted molar refractivity (Wildman–Crippen MR) is 141 cm³/mol. The van der Waals surface area contributed by atoms with Crippen LogP contribution in [0.3, 0.4) is 0 Å². The van der Waals surface area contributed by atoms with E-state index in [-0.39, 0.29) is 0 Å². The molecule has 0 amide bonds. The molecule has 0 radical (unpaired) electrons. The maximum atomic E-state index is 8.84. The molecule has 2 rings (SSSR count). The smallest absolute Gasteiger partial charge is 0.0991 e. The molecule has 0 fully saturated rings. The lowest BCUT2D eigenvalue weighted by Gasteiger charge is -2.06. The first kappa shape index (κ1) is 26.6. The fourth-order valence-corrected chi connectivity index (χ4v) is 3.92. The van der Waals surface area contributed by atoms with Crippen molar-refractivity contribution in [2.75, 3.05) is 11.9 Å². The molecule has 0 aromatic heterocycles. The summed E-state index contributed by atoms with van der Waals surface area (Å²) in [6.45, 7) is 3.30. The van der Waals surface area contributed by atoms with Crippen LogP contribution in [-0.2, 0) is 0 Å². The van der Waals surface area contributed by atoms with Gasteiger partial charge >= 0.3 is 0 Å². The van der Waals surface area contributed by atoms with Crippen molar-refractivity contribution >= 4 is 17.1 Å². The Bertz CT molecular complexity index is 803. The highest BCUT2D eigenvalue weighted by Crippen LogP contribution is 2.21. The lowest BCUT2D eigenvalue weighted by Crippen LogP contribution is -2.00. The molecular weight excluding hydrogens is 404 g/mol. The van der Waals surface area contributed by atoms with Gasteiger partial charge in [-0.15, -0.1) is 0 Å². The van der Waals surface area contributed by atoms with Gasteiger partial charge in [-0.05, 0) is 55.0 Å². The molecule has 0 spiro atoms. The minimum Gasteiger partial charge on any atom is -0.385 e. The third-order valence-electron chi connectivity index (χ3n) is 6.00. The second kappa shape index (κ2) is 17.8. The van der Waals surface area contributed by atoms with Crippen LogP contribution in [0.4, 0.5) is 17.1 Å². The van der Waals surface area contributed by atoms with Crippen molar-refractivity contribution in [3.8, 4) is 6.07 Å². The molecule has 4 heteroatoms. The zero-order chi connectivity index (χ0) is 23.4. The molecule has 2 aromatic carbocycles. The first-order chi connectivity index (χ1) is 16.3. The Morgan fingerprint density at radius 1 is 0.606 bits per heavy atom. The molecule has 0 heterocycles. The number of azo groups is 1. The zero-order valence-electron chi connectivity index (χ0n) is 20.6. The third-order valence-corrected chi connectivity index (χ3v) is 6.00. The molecule has 0 aliphatic heterocycles. The van der Waals surface area contributed by atoms with E-state index >= 15 is 0 Å². The quantitative estimate of drug-likeness (QED) is 0.183. The summed E-state index contributed by atoms with van der Waals surface area (Å²) in [5.74, 6) is 0. The van der Waals surface area contributed by atoms with Crippen LogP contribution >= 0.6 is 0 Å². The first-order valence-corrected chi connectivity index (χ1v) is 13.1. The normalized spacial score (nSPS) is 11.0. The largest absolute Gasteiger partial charge is 0.385 e. The minimum absolute atomic E-state index is 0.628. The van der Waals surface area contributed by atoms with E-state index in [2.05, 4.69) is 40.7 Å². The van der Waals surface area contributed by atoms with Crippen LogP contribution in [0.1, 0.15) is 102 Å². The monoisotopic (exact) mass is 446 g/mol. The summed E-state index contributed by atoms with van der Waals surface area (Å²) < 4.78 is 0. The van der Waals surface area contributed by atoms with Gasteiger partial charge in [0.05, 0.1) is 23.0 Å². The number of hydrogen-bond donors (Lipinski definition) is 1. The number of benzene rings is 2. The highest BCUT2D eigenvalue weighted by molar-refractivity contribution is 5.51. The van der Waals surface area contributed by atoms with Crippen LogP contribution < -0.4 is 5.32 Å². The van der Waals surface area contributed by atoms with Crippen LogP contribution in [0.25, 0.3) is 0 Å². The van der Waals surface area contributed by atoms with Gasteiger partial charge in [-0.3, -0.25) is 0 Å². The Hall–Kier alpha value is -2.67. The second-order valence-corrected chi connectivity index (χ2v) is 8.93. The van der Waals surface area contributed by atoms with Crippen LogP contribution in [0, 0.1) is 11.3 Å². The van der Waals surface area contributed by atoms with Crippen molar-refractivity contribution in [3.05, 3.63) is 54.1 Å². The lowest BCUT2D eigenvalue weighted by molar-refractivity contribution is 0.537. The van der Waals surface area contributed by atoms with E-state index in [1.54, 1.807) is 24.3 Å². The maximum Gasteiger partial charge on any atom is 0.0991 e. The Morgan fingerprint density at radius 3 is 1.48 bits per heavy atom. The molecule has 2 aromatic rings. The fourth-order valence-electron chi connectivity index (χ4n) is 3.92. The molecule has 0 bridgehead atoms. The van der Waals surface area contributed by atoms with Gasteiger partial charge in [0.1, 0.15) is 0 Å². The topological polar surface area (TPSA) is 60.5 Å². The zero-order valence-corrected chi connectivity index (χ0v) is 20.6. The predicted octanol–water partition coefficient (Wildman–Crippen LogP) is 9.87. The number of rotatable bonds is 18.